The summed E-state index contributed by atoms with van der Waals surface area (Å²) in [4.78, 5) is 0. The number of benzene rings is 10. The number of para-hydroxylation sites is 2. The third kappa shape index (κ3) is 4.76. The number of hydrogen-bond acceptors (Lipinski definition) is 2. The molecule has 2 aromatic heterocycles. The van der Waals surface area contributed by atoms with E-state index in [9.17, 15) is 0 Å². The summed E-state index contributed by atoms with van der Waals surface area (Å²) in [7, 11) is 0. The van der Waals surface area contributed by atoms with E-state index < -0.39 is 0 Å². The summed E-state index contributed by atoms with van der Waals surface area (Å²) >= 11 is 0. The fourth-order valence-electron chi connectivity index (χ4n) is 8.98. The Labute approximate surface area is 322 Å². The average Bonchev–Trinajstić information content (AvgIpc) is 3.83. The maximum Gasteiger partial charge on any atom is 0.135 e. The third-order valence-corrected chi connectivity index (χ3v) is 11.7. The Morgan fingerprint density at radius 2 is 0.714 bits per heavy atom. The summed E-state index contributed by atoms with van der Waals surface area (Å²) in [5.74, 6) is 0. The van der Waals surface area contributed by atoms with Gasteiger partial charge in [-0.15, -0.1) is 0 Å². The minimum absolute atomic E-state index is 0.900. The Morgan fingerprint density at radius 3 is 1.32 bits per heavy atom. The summed E-state index contributed by atoms with van der Waals surface area (Å²) in [5, 5.41) is 11.8. The lowest BCUT2D eigenvalue weighted by Gasteiger charge is -2.18. The molecule has 10 aromatic carbocycles. The number of hydrogen-bond donors (Lipinski definition) is 0. The zero-order valence-corrected chi connectivity index (χ0v) is 30.3. The Kier molecular flexibility index (Phi) is 6.66. The van der Waals surface area contributed by atoms with Crippen LogP contribution in [0.15, 0.2) is 203 Å². The van der Waals surface area contributed by atoms with Crippen molar-refractivity contribution in [2.24, 2.45) is 0 Å². The van der Waals surface area contributed by atoms with Gasteiger partial charge in [-0.3, -0.25) is 0 Å². The lowest BCUT2D eigenvalue weighted by molar-refractivity contribution is 0.668. The van der Waals surface area contributed by atoms with E-state index in [1.165, 1.54) is 65.7 Å². The zero-order valence-electron chi connectivity index (χ0n) is 30.3. The standard InChI is InChI=1S/C54H32O2/c1-2-10-33(11-3-1)35-22-20-34-21-23-38(29-39(34)28-35)54-44-16-8-14-40(36-24-26-52-48(30-36)42-12-4-6-18-50(42)55-52)46(44)32-47-41(15-9-17-45(47)54)37-25-27-53-49(31-37)43-13-5-7-19-51(43)56-53/h1-32H. The fourth-order valence-corrected chi connectivity index (χ4v) is 8.98. The molecule has 0 bridgehead atoms. The second-order valence-corrected chi connectivity index (χ2v) is 14.8. The fraction of sp³-hybridized carbons (Fsp3) is 0. The number of rotatable bonds is 4. The monoisotopic (exact) mass is 712 g/mol. The molecule has 0 aliphatic heterocycles. The normalized spacial score (nSPS) is 11.9. The van der Waals surface area contributed by atoms with Gasteiger partial charge in [0, 0.05) is 21.5 Å². The molecule has 0 unspecified atom stereocenters. The molecule has 2 heteroatoms. The smallest absolute Gasteiger partial charge is 0.135 e. The van der Waals surface area contributed by atoms with Gasteiger partial charge in [0.15, 0.2) is 0 Å². The summed E-state index contributed by atoms with van der Waals surface area (Å²) < 4.78 is 12.5. The van der Waals surface area contributed by atoms with Crippen molar-refractivity contribution in [1.82, 2.24) is 0 Å². The minimum Gasteiger partial charge on any atom is -0.456 e. The lowest BCUT2D eigenvalue weighted by atomic mass is 9.85. The Bertz CT molecular complexity index is 3360. The van der Waals surface area contributed by atoms with E-state index in [2.05, 4.69) is 170 Å². The van der Waals surface area contributed by atoms with Crippen LogP contribution in [0.4, 0.5) is 0 Å². The molecule has 12 aromatic rings. The van der Waals surface area contributed by atoms with Crippen LogP contribution in [-0.4, -0.2) is 0 Å². The molecule has 0 radical (unpaired) electrons. The first-order chi connectivity index (χ1) is 27.7. The molecular weight excluding hydrogens is 681 g/mol. The van der Waals surface area contributed by atoms with Crippen molar-refractivity contribution in [3.63, 3.8) is 0 Å². The Morgan fingerprint density at radius 1 is 0.232 bits per heavy atom. The Balaban J connectivity index is 1.15. The van der Waals surface area contributed by atoms with Crippen molar-refractivity contribution in [2.75, 3.05) is 0 Å². The van der Waals surface area contributed by atoms with Gasteiger partial charge in [-0.25, -0.2) is 0 Å². The van der Waals surface area contributed by atoms with Crippen LogP contribution in [0.5, 0.6) is 0 Å². The number of fused-ring (bicyclic) bond motifs is 9. The first-order valence-electron chi connectivity index (χ1n) is 19.1. The van der Waals surface area contributed by atoms with Crippen LogP contribution in [-0.2, 0) is 0 Å². The van der Waals surface area contributed by atoms with Crippen LogP contribution in [0.2, 0.25) is 0 Å². The largest absolute Gasteiger partial charge is 0.456 e. The highest BCUT2D eigenvalue weighted by Gasteiger charge is 2.18. The summed E-state index contributed by atoms with van der Waals surface area (Å²) in [6.45, 7) is 0. The van der Waals surface area contributed by atoms with Crippen molar-refractivity contribution in [3.05, 3.63) is 194 Å². The van der Waals surface area contributed by atoms with E-state index in [1.54, 1.807) is 0 Å². The molecule has 2 heterocycles. The SMILES string of the molecule is c1ccc(-c2ccc3ccc(-c4c5cccc(-c6ccc7oc8ccccc8c7c6)c5cc5c(-c6ccc7oc8ccccc8c7c6)cccc45)cc3c2)cc1. The molecule has 12 rings (SSSR count). The maximum absolute atomic E-state index is 6.25. The third-order valence-electron chi connectivity index (χ3n) is 11.7. The van der Waals surface area contributed by atoms with E-state index in [0.29, 0.717) is 0 Å². The van der Waals surface area contributed by atoms with Crippen molar-refractivity contribution >= 4 is 76.2 Å². The van der Waals surface area contributed by atoms with Gasteiger partial charge in [-0.1, -0.05) is 140 Å². The van der Waals surface area contributed by atoms with E-state index in [-0.39, 0.29) is 0 Å². The van der Waals surface area contributed by atoms with E-state index in [0.717, 1.165) is 55.0 Å². The highest BCUT2D eigenvalue weighted by atomic mass is 16.3. The van der Waals surface area contributed by atoms with Crippen molar-refractivity contribution in [2.45, 2.75) is 0 Å². The van der Waals surface area contributed by atoms with E-state index in [1.807, 2.05) is 24.3 Å². The predicted octanol–water partition coefficient (Wildman–Crippen LogP) is 15.6. The Hall–Kier alpha value is -7.42. The average molecular weight is 713 g/mol. The van der Waals surface area contributed by atoms with Gasteiger partial charge in [0.1, 0.15) is 22.3 Å². The maximum atomic E-state index is 6.25. The molecule has 0 N–H and O–H groups in total. The molecule has 260 valence electrons. The van der Waals surface area contributed by atoms with Gasteiger partial charge in [0.2, 0.25) is 0 Å². The van der Waals surface area contributed by atoms with Gasteiger partial charge in [-0.2, -0.15) is 0 Å². The first kappa shape index (κ1) is 31.0. The van der Waals surface area contributed by atoms with Crippen molar-refractivity contribution in [3.8, 4) is 44.5 Å². The van der Waals surface area contributed by atoms with Gasteiger partial charge in [0.05, 0.1) is 0 Å². The quantitative estimate of drug-likeness (QED) is 0.170. The van der Waals surface area contributed by atoms with Gasteiger partial charge >= 0.3 is 0 Å². The molecule has 0 spiro atoms. The van der Waals surface area contributed by atoms with Gasteiger partial charge in [0.25, 0.3) is 0 Å². The number of furan rings is 2. The van der Waals surface area contributed by atoms with Crippen LogP contribution in [0, 0.1) is 0 Å². The predicted molar refractivity (Wildman–Crippen MR) is 235 cm³/mol. The molecule has 0 atom stereocenters. The van der Waals surface area contributed by atoms with Crippen LogP contribution in [0.1, 0.15) is 0 Å². The zero-order chi connectivity index (χ0) is 36.7. The van der Waals surface area contributed by atoms with Crippen LogP contribution >= 0.6 is 0 Å². The molecule has 0 amide bonds. The molecule has 0 aliphatic rings. The molecule has 0 fully saturated rings. The lowest BCUT2D eigenvalue weighted by Crippen LogP contribution is -1.91. The second kappa shape index (κ2) is 12.0. The van der Waals surface area contributed by atoms with Crippen LogP contribution in [0.3, 0.4) is 0 Å². The highest BCUT2D eigenvalue weighted by Crippen LogP contribution is 2.45. The molecule has 2 nitrogen and oxygen atoms in total. The van der Waals surface area contributed by atoms with Crippen molar-refractivity contribution in [1.29, 1.82) is 0 Å². The first-order valence-corrected chi connectivity index (χ1v) is 19.1. The molecule has 0 saturated carbocycles. The van der Waals surface area contributed by atoms with Crippen LogP contribution in [0.25, 0.3) is 121 Å². The highest BCUT2D eigenvalue weighted by molar-refractivity contribution is 6.20. The van der Waals surface area contributed by atoms with E-state index >= 15 is 0 Å². The van der Waals surface area contributed by atoms with Crippen LogP contribution < -0.4 is 0 Å². The molecule has 0 saturated heterocycles. The molecular formula is C54H32O2. The summed E-state index contributed by atoms with van der Waals surface area (Å²) in [5.41, 5.74) is 13.2. The van der Waals surface area contributed by atoms with Crippen molar-refractivity contribution < 1.29 is 8.83 Å². The summed E-state index contributed by atoms with van der Waals surface area (Å²) in [6.07, 6.45) is 0. The summed E-state index contributed by atoms with van der Waals surface area (Å²) in [6, 6.07) is 70.2. The second-order valence-electron chi connectivity index (χ2n) is 14.8. The molecule has 56 heavy (non-hydrogen) atoms. The molecule has 0 aliphatic carbocycles. The van der Waals surface area contributed by atoms with Gasteiger partial charge in [-0.05, 0) is 131 Å². The minimum atomic E-state index is 0.900. The van der Waals surface area contributed by atoms with E-state index in [4.69, 9.17) is 8.83 Å². The van der Waals surface area contributed by atoms with Gasteiger partial charge < -0.3 is 8.83 Å². The topological polar surface area (TPSA) is 26.3 Å².